The van der Waals surface area contributed by atoms with Gasteiger partial charge < -0.3 is 0 Å². The minimum absolute atomic E-state index is 1.15. The third-order valence-corrected chi connectivity index (χ3v) is 5.32. The van der Waals surface area contributed by atoms with Crippen molar-refractivity contribution in [1.29, 1.82) is 0 Å². The SMILES string of the molecule is Brc1ccc2ccc3cccc4cc(-c5ccccc5)c1c2c34. The predicted octanol–water partition coefficient (Wildman–Crippen LogP) is 7.01. The predicted molar refractivity (Wildman–Crippen MR) is 103 cm³/mol. The molecule has 0 heterocycles. The number of halogens is 1. The van der Waals surface area contributed by atoms with Crippen molar-refractivity contribution in [3.63, 3.8) is 0 Å². The molecule has 23 heavy (non-hydrogen) atoms. The standard InChI is InChI=1S/C22H13Br/c23-19-12-11-16-10-9-15-7-4-8-17-13-18(14-5-2-1-3-6-14)22(19)21(16)20(15)17/h1-13H. The monoisotopic (exact) mass is 356 g/mol. The molecule has 5 rings (SSSR count). The Hall–Kier alpha value is -2.38. The molecule has 0 radical (unpaired) electrons. The summed E-state index contributed by atoms with van der Waals surface area (Å²) in [5.41, 5.74) is 2.54. The van der Waals surface area contributed by atoms with Gasteiger partial charge in [-0.25, -0.2) is 0 Å². The highest BCUT2D eigenvalue weighted by atomic mass is 79.9. The molecule has 0 amide bonds. The van der Waals surface area contributed by atoms with E-state index in [-0.39, 0.29) is 0 Å². The van der Waals surface area contributed by atoms with Crippen LogP contribution < -0.4 is 0 Å². The normalized spacial score (nSPS) is 11.7. The molecule has 0 aliphatic carbocycles. The third-order valence-electron chi connectivity index (χ3n) is 4.66. The average molecular weight is 357 g/mol. The summed E-state index contributed by atoms with van der Waals surface area (Å²) in [7, 11) is 0. The van der Waals surface area contributed by atoms with Crippen LogP contribution in [0.5, 0.6) is 0 Å². The summed E-state index contributed by atoms with van der Waals surface area (Å²) in [4.78, 5) is 0. The van der Waals surface area contributed by atoms with Crippen molar-refractivity contribution < 1.29 is 0 Å². The zero-order valence-corrected chi connectivity index (χ0v) is 14.0. The fourth-order valence-electron chi connectivity index (χ4n) is 3.65. The van der Waals surface area contributed by atoms with E-state index in [9.17, 15) is 0 Å². The maximum atomic E-state index is 3.79. The Labute approximate surface area is 142 Å². The second-order valence-corrected chi connectivity index (χ2v) is 6.81. The summed E-state index contributed by atoms with van der Waals surface area (Å²) in [6, 6.07) is 28.3. The zero-order valence-electron chi connectivity index (χ0n) is 12.4. The highest BCUT2D eigenvalue weighted by Gasteiger charge is 2.14. The van der Waals surface area contributed by atoms with Crippen molar-refractivity contribution in [3.8, 4) is 11.1 Å². The van der Waals surface area contributed by atoms with E-state index in [0.717, 1.165) is 4.47 Å². The maximum Gasteiger partial charge on any atom is 0.0260 e. The molecule has 0 N–H and O–H groups in total. The second kappa shape index (κ2) is 4.81. The molecule has 0 saturated heterocycles. The Morgan fingerprint density at radius 1 is 0.522 bits per heavy atom. The molecule has 0 nitrogen and oxygen atoms in total. The second-order valence-electron chi connectivity index (χ2n) is 5.96. The number of rotatable bonds is 1. The Morgan fingerprint density at radius 3 is 2.04 bits per heavy atom. The van der Waals surface area contributed by atoms with Crippen LogP contribution in [0.3, 0.4) is 0 Å². The van der Waals surface area contributed by atoms with Crippen molar-refractivity contribution in [2.24, 2.45) is 0 Å². The van der Waals surface area contributed by atoms with Crippen molar-refractivity contribution in [3.05, 3.63) is 83.3 Å². The molecule has 0 saturated carbocycles. The van der Waals surface area contributed by atoms with E-state index in [4.69, 9.17) is 0 Å². The zero-order chi connectivity index (χ0) is 15.4. The molecule has 5 aromatic rings. The number of benzene rings is 5. The number of hydrogen-bond donors (Lipinski definition) is 0. The lowest BCUT2D eigenvalue weighted by Gasteiger charge is -2.16. The molecule has 0 bridgehead atoms. The lowest BCUT2D eigenvalue weighted by molar-refractivity contribution is 1.66. The fourth-order valence-corrected chi connectivity index (χ4v) is 4.20. The molecular weight excluding hydrogens is 344 g/mol. The van der Waals surface area contributed by atoms with Crippen molar-refractivity contribution in [2.45, 2.75) is 0 Å². The Balaban J connectivity index is 2.10. The van der Waals surface area contributed by atoms with E-state index in [2.05, 4.69) is 94.8 Å². The summed E-state index contributed by atoms with van der Waals surface area (Å²) < 4.78 is 1.15. The van der Waals surface area contributed by atoms with Gasteiger partial charge in [-0.15, -0.1) is 0 Å². The summed E-state index contributed by atoms with van der Waals surface area (Å²) in [5.74, 6) is 0. The highest BCUT2D eigenvalue weighted by molar-refractivity contribution is 9.10. The van der Waals surface area contributed by atoms with Crippen molar-refractivity contribution >= 4 is 48.2 Å². The summed E-state index contributed by atoms with van der Waals surface area (Å²) in [6.07, 6.45) is 0. The molecule has 108 valence electrons. The third kappa shape index (κ3) is 1.83. The van der Waals surface area contributed by atoms with Crippen LogP contribution in [0.1, 0.15) is 0 Å². The molecule has 0 fully saturated rings. The molecular formula is C22H13Br. The van der Waals surface area contributed by atoms with Crippen LogP contribution in [0, 0.1) is 0 Å². The van der Waals surface area contributed by atoms with Crippen molar-refractivity contribution in [2.75, 3.05) is 0 Å². The van der Waals surface area contributed by atoms with Gasteiger partial charge >= 0.3 is 0 Å². The van der Waals surface area contributed by atoms with Gasteiger partial charge in [0.15, 0.2) is 0 Å². The van der Waals surface area contributed by atoms with E-state index < -0.39 is 0 Å². The first-order valence-corrected chi connectivity index (χ1v) is 8.54. The van der Waals surface area contributed by atoms with Gasteiger partial charge in [-0.2, -0.15) is 0 Å². The van der Waals surface area contributed by atoms with E-state index in [1.54, 1.807) is 0 Å². The van der Waals surface area contributed by atoms with Crippen LogP contribution >= 0.6 is 15.9 Å². The summed E-state index contributed by atoms with van der Waals surface area (Å²) in [5, 5.41) is 7.92. The first-order chi connectivity index (χ1) is 11.3. The Bertz CT molecular complexity index is 1160. The molecule has 0 spiro atoms. The smallest absolute Gasteiger partial charge is 0.0260 e. The molecule has 0 unspecified atom stereocenters. The molecule has 5 aromatic carbocycles. The minimum Gasteiger partial charge on any atom is -0.0622 e. The van der Waals surface area contributed by atoms with Gasteiger partial charge in [-0.05, 0) is 50.2 Å². The van der Waals surface area contributed by atoms with Crippen LogP contribution in [-0.2, 0) is 0 Å². The first kappa shape index (κ1) is 13.1. The largest absolute Gasteiger partial charge is 0.0622 e. The van der Waals surface area contributed by atoms with Gasteiger partial charge in [0, 0.05) is 9.86 Å². The lowest BCUT2D eigenvalue weighted by Crippen LogP contribution is -1.88. The molecule has 0 atom stereocenters. The number of hydrogen-bond acceptors (Lipinski definition) is 0. The maximum absolute atomic E-state index is 3.79. The van der Waals surface area contributed by atoms with Gasteiger partial charge in [0.2, 0.25) is 0 Å². The van der Waals surface area contributed by atoms with E-state index in [1.807, 2.05) is 0 Å². The average Bonchev–Trinajstić information content (AvgIpc) is 2.61. The molecule has 0 aliphatic heterocycles. The van der Waals surface area contributed by atoms with Crippen LogP contribution in [0.2, 0.25) is 0 Å². The van der Waals surface area contributed by atoms with E-state index in [0.29, 0.717) is 0 Å². The quantitative estimate of drug-likeness (QED) is 0.283. The topological polar surface area (TPSA) is 0 Å². The summed E-state index contributed by atoms with van der Waals surface area (Å²) >= 11 is 3.79. The molecule has 0 aromatic heterocycles. The summed E-state index contributed by atoms with van der Waals surface area (Å²) in [6.45, 7) is 0. The van der Waals surface area contributed by atoms with Gasteiger partial charge in [0.1, 0.15) is 0 Å². The van der Waals surface area contributed by atoms with Crippen LogP contribution in [0.25, 0.3) is 43.4 Å². The molecule has 0 aliphatic rings. The highest BCUT2D eigenvalue weighted by Crippen LogP contribution is 2.43. The Morgan fingerprint density at radius 2 is 1.22 bits per heavy atom. The van der Waals surface area contributed by atoms with Crippen LogP contribution in [0.15, 0.2) is 83.3 Å². The van der Waals surface area contributed by atoms with Gasteiger partial charge in [0.05, 0.1) is 0 Å². The van der Waals surface area contributed by atoms with E-state index in [1.165, 1.54) is 43.4 Å². The fraction of sp³-hybridized carbons (Fsp3) is 0. The van der Waals surface area contributed by atoms with Crippen LogP contribution in [0.4, 0.5) is 0 Å². The minimum atomic E-state index is 1.15. The lowest BCUT2D eigenvalue weighted by atomic mass is 9.89. The van der Waals surface area contributed by atoms with Crippen molar-refractivity contribution in [1.82, 2.24) is 0 Å². The van der Waals surface area contributed by atoms with Gasteiger partial charge in [0.25, 0.3) is 0 Å². The first-order valence-electron chi connectivity index (χ1n) is 7.74. The molecule has 1 heteroatoms. The van der Waals surface area contributed by atoms with Crippen LogP contribution in [-0.4, -0.2) is 0 Å². The Kier molecular flexibility index (Phi) is 2.74. The van der Waals surface area contributed by atoms with Gasteiger partial charge in [-0.3, -0.25) is 0 Å². The van der Waals surface area contributed by atoms with Gasteiger partial charge in [-0.1, -0.05) is 82.7 Å². The van der Waals surface area contributed by atoms with E-state index >= 15 is 0 Å².